The van der Waals surface area contributed by atoms with Crippen molar-refractivity contribution in [1.29, 1.82) is 0 Å². The van der Waals surface area contributed by atoms with Crippen molar-refractivity contribution in [2.75, 3.05) is 10.7 Å². The van der Waals surface area contributed by atoms with Crippen molar-refractivity contribution in [1.82, 2.24) is 14.9 Å². The van der Waals surface area contributed by atoms with Gasteiger partial charge in [0.1, 0.15) is 11.1 Å². The molecule has 144 valence electrons. The number of carbonyl (C=O) groups is 1. The van der Waals surface area contributed by atoms with Crippen molar-refractivity contribution in [2.24, 2.45) is 0 Å². The molecule has 0 radical (unpaired) electrons. The number of carbonyl (C=O) groups excluding carboxylic acids is 1. The summed E-state index contributed by atoms with van der Waals surface area (Å²) in [6.45, 7) is 8.01. The van der Waals surface area contributed by atoms with E-state index < -0.39 is 0 Å². The molecular weight excluding hydrogens is 370 g/mol. The highest BCUT2D eigenvalue weighted by Crippen LogP contribution is 2.37. The van der Waals surface area contributed by atoms with E-state index in [1.54, 1.807) is 0 Å². The van der Waals surface area contributed by atoms with Crippen LogP contribution in [0.25, 0.3) is 0 Å². The first kappa shape index (κ1) is 18.6. The fourth-order valence-corrected chi connectivity index (χ4v) is 4.57. The van der Waals surface area contributed by atoms with E-state index in [4.69, 9.17) is 0 Å². The van der Waals surface area contributed by atoms with E-state index >= 15 is 0 Å². The van der Waals surface area contributed by atoms with Gasteiger partial charge in [-0.05, 0) is 56.5 Å². The largest absolute Gasteiger partial charge is 0.325 e. The Morgan fingerprint density at radius 2 is 1.68 bits per heavy atom. The molecule has 1 aromatic heterocycles. The lowest BCUT2D eigenvalue weighted by Crippen LogP contribution is -2.41. The molecule has 2 atom stereocenters. The van der Waals surface area contributed by atoms with Gasteiger partial charge in [0, 0.05) is 5.69 Å². The normalized spacial score (nSPS) is 18.3. The first-order valence-electron chi connectivity index (χ1n) is 9.21. The summed E-state index contributed by atoms with van der Waals surface area (Å²) in [7, 11) is 0. The second-order valence-electron chi connectivity index (χ2n) is 7.29. The standard InChI is InChI=1S/C21H23N5OS/c1-12-5-7-16(8-6-12)18-19(28-21-24-23-15(4)26(21)25-18)20(27)22-17-10-13(2)9-14(3)11-17/h5-11,18-19,25H,1-4H3,(H,22,27). The molecule has 4 rings (SSSR count). The van der Waals surface area contributed by atoms with Crippen LogP contribution in [0.4, 0.5) is 5.69 Å². The third-order valence-corrected chi connectivity index (χ3v) is 6.00. The first-order chi connectivity index (χ1) is 13.4. The van der Waals surface area contributed by atoms with Crippen molar-refractivity contribution < 1.29 is 4.79 Å². The topological polar surface area (TPSA) is 71.8 Å². The van der Waals surface area contributed by atoms with Crippen LogP contribution in [0.3, 0.4) is 0 Å². The number of anilines is 1. The van der Waals surface area contributed by atoms with Crippen LogP contribution in [-0.2, 0) is 4.79 Å². The fraction of sp³-hybridized carbons (Fsp3) is 0.286. The minimum atomic E-state index is -0.375. The van der Waals surface area contributed by atoms with Gasteiger partial charge in [-0.2, -0.15) is 0 Å². The van der Waals surface area contributed by atoms with Gasteiger partial charge < -0.3 is 10.7 Å². The van der Waals surface area contributed by atoms with Gasteiger partial charge in [0.15, 0.2) is 0 Å². The van der Waals surface area contributed by atoms with Gasteiger partial charge in [0.2, 0.25) is 11.1 Å². The molecule has 2 N–H and O–H groups in total. The highest BCUT2D eigenvalue weighted by molar-refractivity contribution is 8.00. The van der Waals surface area contributed by atoms with Crippen LogP contribution in [-0.4, -0.2) is 26.0 Å². The van der Waals surface area contributed by atoms with Crippen molar-refractivity contribution in [3.63, 3.8) is 0 Å². The average Bonchev–Trinajstić information content (AvgIpc) is 3.01. The Kier molecular flexibility index (Phi) is 4.85. The molecule has 0 aliphatic carbocycles. The average molecular weight is 394 g/mol. The van der Waals surface area contributed by atoms with Gasteiger partial charge in [0.25, 0.3) is 0 Å². The minimum Gasteiger partial charge on any atom is -0.325 e. The number of hydrogen-bond donors (Lipinski definition) is 2. The summed E-state index contributed by atoms with van der Waals surface area (Å²) in [6, 6.07) is 14.1. The van der Waals surface area contributed by atoms with E-state index in [0.29, 0.717) is 5.16 Å². The monoisotopic (exact) mass is 393 g/mol. The van der Waals surface area contributed by atoms with Gasteiger partial charge in [-0.1, -0.05) is 47.7 Å². The fourth-order valence-electron chi connectivity index (χ4n) is 3.44. The summed E-state index contributed by atoms with van der Waals surface area (Å²) in [5.41, 5.74) is 8.72. The second-order valence-corrected chi connectivity index (χ2v) is 8.40. The minimum absolute atomic E-state index is 0.0556. The van der Waals surface area contributed by atoms with Crippen LogP contribution < -0.4 is 10.7 Å². The summed E-state index contributed by atoms with van der Waals surface area (Å²) < 4.78 is 1.86. The number of amides is 1. The quantitative estimate of drug-likeness (QED) is 0.706. The Labute approximate surface area is 168 Å². The maximum atomic E-state index is 13.2. The molecule has 0 spiro atoms. The van der Waals surface area contributed by atoms with Crippen LogP contribution in [0.5, 0.6) is 0 Å². The van der Waals surface area contributed by atoms with Crippen LogP contribution in [0.1, 0.15) is 34.1 Å². The lowest BCUT2D eigenvalue weighted by Gasteiger charge is -2.32. The molecule has 0 fully saturated rings. The third-order valence-electron chi connectivity index (χ3n) is 4.78. The SMILES string of the molecule is Cc1ccc(C2Nn3c(C)nnc3SC2C(=O)Nc2cc(C)cc(C)c2)cc1. The van der Waals surface area contributed by atoms with Crippen molar-refractivity contribution >= 4 is 23.4 Å². The van der Waals surface area contributed by atoms with Crippen molar-refractivity contribution in [2.45, 2.75) is 44.1 Å². The molecule has 2 heterocycles. The number of nitrogens with one attached hydrogen (secondary N) is 2. The van der Waals surface area contributed by atoms with Gasteiger partial charge in [0.05, 0.1) is 6.04 Å². The van der Waals surface area contributed by atoms with E-state index in [1.807, 2.05) is 37.6 Å². The molecule has 28 heavy (non-hydrogen) atoms. The second kappa shape index (κ2) is 7.31. The van der Waals surface area contributed by atoms with E-state index in [1.165, 1.54) is 17.3 Å². The molecule has 3 aromatic rings. The molecule has 6 nitrogen and oxygen atoms in total. The lowest BCUT2D eigenvalue weighted by atomic mass is 10.0. The predicted octanol–water partition coefficient (Wildman–Crippen LogP) is 3.91. The first-order valence-corrected chi connectivity index (χ1v) is 10.1. The molecule has 1 aliphatic rings. The highest BCUT2D eigenvalue weighted by Gasteiger charge is 2.37. The number of thioether (sulfide) groups is 1. The Balaban J connectivity index is 1.67. The Bertz CT molecular complexity index is 1010. The zero-order valence-electron chi connectivity index (χ0n) is 16.4. The zero-order valence-corrected chi connectivity index (χ0v) is 17.2. The number of rotatable bonds is 3. The lowest BCUT2D eigenvalue weighted by molar-refractivity contribution is -0.116. The Hall–Kier alpha value is -2.80. The number of aromatic nitrogens is 3. The number of aryl methyl sites for hydroxylation is 4. The molecule has 1 aliphatic heterocycles. The van der Waals surface area contributed by atoms with Crippen LogP contribution in [0.2, 0.25) is 0 Å². The van der Waals surface area contributed by atoms with E-state index in [9.17, 15) is 4.79 Å². The number of nitrogens with zero attached hydrogens (tertiary/aromatic N) is 3. The molecular formula is C21H23N5OS. The number of fused-ring (bicyclic) bond motifs is 1. The summed E-state index contributed by atoms with van der Waals surface area (Å²) in [6.07, 6.45) is 0. The van der Waals surface area contributed by atoms with E-state index in [2.05, 4.69) is 58.2 Å². The predicted molar refractivity (Wildman–Crippen MR) is 112 cm³/mol. The van der Waals surface area contributed by atoms with Crippen molar-refractivity contribution in [3.05, 3.63) is 70.5 Å². The van der Waals surface area contributed by atoms with Gasteiger partial charge in [-0.15, -0.1) is 10.2 Å². The smallest absolute Gasteiger partial charge is 0.240 e. The van der Waals surface area contributed by atoms with Gasteiger partial charge >= 0.3 is 0 Å². The van der Waals surface area contributed by atoms with E-state index in [0.717, 1.165) is 28.2 Å². The Morgan fingerprint density at radius 1 is 1.00 bits per heavy atom. The summed E-state index contributed by atoms with van der Waals surface area (Å²) >= 11 is 1.44. The molecule has 0 bridgehead atoms. The maximum absolute atomic E-state index is 13.2. The van der Waals surface area contributed by atoms with Crippen LogP contribution in [0.15, 0.2) is 47.6 Å². The summed E-state index contributed by atoms with van der Waals surface area (Å²) in [5.74, 6) is 0.716. The molecule has 0 saturated carbocycles. The summed E-state index contributed by atoms with van der Waals surface area (Å²) in [4.78, 5) is 13.2. The molecule has 1 amide bonds. The van der Waals surface area contributed by atoms with Gasteiger partial charge in [-0.25, -0.2) is 4.68 Å². The molecule has 2 aromatic carbocycles. The van der Waals surface area contributed by atoms with Gasteiger partial charge in [-0.3, -0.25) is 4.79 Å². The maximum Gasteiger partial charge on any atom is 0.240 e. The molecule has 7 heteroatoms. The third kappa shape index (κ3) is 3.62. The number of hydrogen-bond acceptors (Lipinski definition) is 5. The van der Waals surface area contributed by atoms with E-state index in [-0.39, 0.29) is 17.2 Å². The van der Waals surface area contributed by atoms with Crippen LogP contribution >= 0.6 is 11.8 Å². The number of benzene rings is 2. The summed E-state index contributed by atoms with van der Waals surface area (Å²) in [5, 5.41) is 11.7. The zero-order chi connectivity index (χ0) is 19.8. The Morgan fingerprint density at radius 3 is 2.36 bits per heavy atom. The molecule has 0 saturated heterocycles. The highest BCUT2D eigenvalue weighted by atomic mass is 32.2. The van der Waals surface area contributed by atoms with Crippen molar-refractivity contribution in [3.8, 4) is 0 Å². The van der Waals surface area contributed by atoms with Crippen LogP contribution in [0, 0.1) is 27.7 Å². The molecule has 2 unspecified atom stereocenters.